The summed E-state index contributed by atoms with van der Waals surface area (Å²) in [6.07, 6.45) is 1.57. The normalized spacial score (nSPS) is 15.2. The van der Waals surface area contributed by atoms with Gasteiger partial charge in [-0.05, 0) is 29.5 Å². The number of benzene rings is 2. The van der Waals surface area contributed by atoms with E-state index in [0.29, 0.717) is 16.0 Å². The van der Waals surface area contributed by atoms with Crippen molar-refractivity contribution < 1.29 is 14.8 Å². The highest BCUT2D eigenvalue weighted by Crippen LogP contribution is 2.40. The summed E-state index contributed by atoms with van der Waals surface area (Å²) in [6, 6.07) is 11.0. The Labute approximate surface area is 124 Å². The van der Waals surface area contributed by atoms with E-state index >= 15 is 0 Å². The molecule has 0 saturated carbocycles. The number of allylic oxidation sites excluding steroid dienone is 1. The number of carbonyl (C=O) groups excluding carboxylic acids is 1. The summed E-state index contributed by atoms with van der Waals surface area (Å²) in [5.74, 6) is -0.750. The molecule has 0 N–H and O–H groups in total. The molecular formula is C15H8NO4S-. The Morgan fingerprint density at radius 3 is 2.62 bits per heavy atom. The van der Waals surface area contributed by atoms with Crippen LogP contribution in [0.4, 0.5) is 5.69 Å². The SMILES string of the molecule is O=C1/C(=C/c2ccc([O-])c([N+](=O)[O-])c2)Sc2ccccc21. The standard InChI is InChI=1S/C15H9NO4S/c17-12-6-5-9(7-11(12)16(19)20)8-14-15(18)10-3-1-2-4-13(10)21-14/h1-8,17H/p-1/b14-8-. The molecule has 104 valence electrons. The van der Waals surface area contributed by atoms with E-state index in [1.807, 2.05) is 12.1 Å². The summed E-state index contributed by atoms with van der Waals surface area (Å²) in [4.78, 5) is 23.6. The number of fused-ring (bicyclic) bond motifs is 1. The highest BCUT2D eigenvalue weighted by molar-refractivity contribution is 8.04. The van der Waals surface area contributed by atoms with Crippen LogP contribution in [-0.2, 0) is 0 Å². The Morgan fingerprint density at radius 1 is 1.14 bits per heavy atom. The number of nitro groups is 1. The monoisotopic (exact) mass is 298 g/mol. The van der Waals surface area contributed by atoms with E-state index in [1.165, 1.54) is 23.9 Å². The van der Waals surface area contributed by atoms with E-state index in [9.17, 15) is 20.0 Å². The molecule has 0 atom stereocenters. The topological polar surface area (TPSA) is 83.3 Å². The molecule has 1 aliphatic heterocycles. The van der Waals surface area contributed by atoms with Crippen LogP contribution in [0.2, 0.25) is 0 Å². The fraction of sp³-hybridized carbons (Fsp3) is 0. The first-order chi connectivity index (χ1) is 10.1. The first kappa shape index (κ1) is 13.4. The second-order valence-electron chi connectivity index (χ2n) is 4.42. The molecule has 6 heteroatoms. The molecular weight excluding hydrogens is 290 g/mol. The van der Waals surface area contributed by atoms with Gasteiger partial charge in [-0.15, -0.1) is 0 Å². The third-order valence-electron chi connectivity index (χ3n) is 3.05. The number of nitro benzene ring substituents is 1. The molecule has 3 rings (SSSR count). The van der Waals surface area contributed by atoms with Gasteiger partial charge < -0.3 is 5.11 Å². The fourth-order valence-corrected chi connectivity index (χ4v) is 3.11. The molecule has 0 amide bonds. The molecule has 0 bridgehead atoms. The van der Waals surface area contributed by atoms with Crippen LogP contribution in [0.25, 0.3) is 6.08 Å². The lowest BCUT2D eigenvalue weighted by Gasteiger charge is -2.06. The van der Waals surface area contributed by atoms with Gasteiger partial charge in [0.05, 0.1) is 9.83 Å². The number of carbonyl (C=O) groups is 1. The second kappa shape index (κ2) is 5.06. The van der Waals surface area contributed by atoms with Crippen LogP contribution < -0.4 is 5.11 Å². The zero-order chi connectivity index (χ0) is 15.0. The van der Waals surface area contributed by atoms with Crippen LogP contribution in [0.1, 0.15) is 15.9 Å². The number of nitrogens with zero attached hydrogens (tertiary/aromatic N) is 1. The Bertz CT molecular complexity index is 798. The predicted molar refractivity (Wildman–Crippen MR) is 77.1 cm³/mol. The Hall–Kier alpha value is -2.60. The van der Waals surface area contributed by atoms with E-state index < -0.39 is 16.4 Å². The molecule has 0 aliphatic carbocycles. The van der Waals surface area contributed by atoms with E-state index in [4.69, 9.17) is 0 Å². The van der Waals surface area contributed by atoms with Crippen LogP contribution in [-0.4, -0.2) is 10.7 Å². The summed E-state index contributed by atoms with van der Waals surface area (Å²) >= 11 is 1.32. The predicted octanol–water partition coefficient (Wildman–Crippen LogP) is 3.00. The second-order valence-corrected chi connectivity index (χ2v) is 5.50. The maximum Gasteiger partial charge on any atom is 0.262 e. The summed E-state index contributed by atoms with van der Waals surface area (Å²) < 4.78 is 0. The zero-order valence-corrected chi connectivity index (χ0v) is 11.4. The van der Waals surface area contributed by atoms with Crippen molar-refractivity contribution in [2.24, 2.45) is 0 Å². The van der Waals surface area contributed by atoms with Crippen molar-refractivity contribution in [2.75, 3.05) is 0 Å². The average Bonchev–Trinajstić information content (AvgIpc) is 2.78. The number of hydrogen-bond donors (Lipinski definition) is 0. The first-order valence-corrected chi connectivity index (χ1v) is 6.86. The maximum absolute atomic E-state index is 12.2. The smallest absolute Gasteiger partial charge is 0.262 e. The minimum Gasteiger partial charge on any atom is -0.868 e. The molecule has 0 radical (unpaired) electrons. The van der Waals surface area contributed by atoms with Crippen LogP contribution in [0.3, 0.4) is 0 Å². The quantitative estimate of drug-likeness (QED) is 0.483. The van der Waals surface area contributed by atoms with E-state index in [-0.39, 0.29) is 5.78 Å². The molecule has 2 aromatic carbocycles. The maximum atomic E-state index is 12.2. The van der Waals surface area contributed by atoms with Crippen LogP contribution in [0, 0.1) is 10.1 Å². The van der Waals surface area contributed by atoms with Crippen LogP contribution >= 0.6 is 11.8 Å². The number of rotatable bonds is 2. The number of thioether (sulfide) groups is 1. The summed E-state index contributed by atoms with van der Waals surface area (Å²) in [5.41, 5.74) is 0.603. The third-order valence-corrected chi connectivity index (χ3v) is 4.15. The van der Waals surface area contributed by atoms with Gasteiger partial charge >= 0.3 is 0 Å². The van der Waals surface area contributed by atoms with Crippen molar-refractivity contribution in [3.63, 3.8) is 0 Å². The van der Waals surface area contributed by atoms with Gasteiger partial charge in [0.1, 0.15) is 0 Å². The van der Waals surface area contributed by atoms with Gasteiger partial charge in [0.2, 0.25) is 5.78 Å². The van der Waals surface area contributed by atoms with Gasteiger partial charge in [-0.1, -0.05) is 36.0 Å². The average molecular weight is 298 g/mol. The van der Waals surface area contributed by atoms with Crippen molar-refractivity contribution in [1.82, 2.24) is 0 Å². The molecule has 21 heavy (non-hydrogen) atoms. The van der Waals surface area contributed by atoms with Crippen molar-refractivity contribution in [1.29, 1.82) is 0 Å². The number of ketones is 1. The van der Waals surface area contributed by atoms with Gasteiger partial charge in [-0.25, -0.2) is 0 Å². The van der Waals surface area contributed by atoms with Crippen LogP contribution in [0.15, 0.2) is 52.3 Å². The Morgan fingerprint density at radius 2 is 1.90 bits per heavy atom. The molecule has 2 aromatic rings. The van der Waals surface area contributed by atoms with Gasteiger partial charge in [0.15, 0.2) is 0 Å². The summed E-state index contributed by atoms with van der Waals surface area (Å²) in [5, 5.41) is 22.1. The lowest BCUT2D eigenvalue weighted by molar-refractivity contribution is -0.398. The van der Waals surface area contributed by atoms with E-state index in [1.54, 1.807) is 18.2 Å². The molecule has 0 fully saturated rings. The summed E-state index contributed by atoms with van der Waals surface area (Å²) in [6.45, 7) is 0. The van der Waals surface area contributed by atoms with Crippen molar-refractivity contribution in [3.8, 4) is 5.75 Å². The van der Waals surface area contributed by atoms with Crippen molar-refractivity contribution in [3.05, 3.63) is 68.6 Å². The lowest BCUT2D eigenvalue weighted by Crippen LogP contribution is -1.98. The minimum atomic E-state index is -0.720. The van der Waals surface area contributed by atoms with E-state index in [2.05, 4.69) is 0 Å². The molecule has 0 saturated heterocycles. The van der Waals surface area contributed by atoms with Gasteiger partial charge in [0.25, 0.3) is 5.69 Å². The minimum absolute atomic E-state index is 0.107. The number of hydrogen-bond acceptors (Lipinski definition) is 5. The van der Waals surface area contributed by atoms with Crippen molar-refractivity contribution in [2.45, 2.75) is 4.90 Å². The van der Waals surface area contributed by atoms with Gasteiger partial charge in [-0.2, -0.15) is 0 Å². The lowest BCUT2D eigenvalue weighted by atomic mass is 10.1. The Balaban J connectivity index is 2.00. The molecule has 0 unspecified atom stereocenters. The van der Waals surface area contributed by atoms with Crippen LogP contribution in [0.5, 0.6) is 5.75 Å². The zero-order valence-electron chi connectivity index (χ0n) is 10.6. The molecule has 1 heterocycles. The van der Waals surface area contributed by atoms with Crippen molar-refractivity contribution >= 4 is 29.3 Å². The third kappa shape index (κ3) is 2.41. The largest absolute Gasteiger partial charge is 0.868 e. The first-order valence-electron chi connectivity index (χ1n) is 6.05. The Kier molecular flexibility index (Phi) is 3.23. The molecule has 0 spiro atoms. The number of Topliss-reactive ketones (excluding diaryl/α,β-unsaturated/α-hetero) is 1. The van der Waals surface area contributed by atoms with Gasteiger partial charge in [-0.3, -0.25) is 14.9 Å². The molecule has 0 aromatic heterocycles. The fourth-order valence-electron chi connectivity index (χ4n) is 2.05. The molecule has 1 aliphatic rings. The highest BCUT2D eigenvalue weighted by Gasteiger charge is 2.25. The highest BCUT2D eigenvalue weighted by atomic mass is 32.2. The van der Waals surface area contributed by atoms with Gasteiger partial charge in [0, 0.05) is 16.5 Å². The summed E-state index contributed by atoms with van der Waals surface area (Å²) in [7, 11) is 0. The van der Waals surface area contributed by atoms with E-state index in [0.717, 1.165) is 11.0 Å². The molecule has 5 nitrogen and oxygen atoms in total.